The van der Waals surface area contributed by atoms with E-state index in [1.807, 2.05) is 43.3 Å². The fourth-order valence-corrected chi connectivity index (χ4v) is 5.25. The van der Waals surface area contributed by atoms with Crippen LogP contribution in [0.15, 0.2) is 54.7 Å². The maximum Gasteiger partial charge on any atom is 0.276 e. The molecule has 1 unspecified atom stereocenters. The van der Waals surface area contributed by atoms with E-state index in [2.05, 4.69) is 10.3 Å². The second-order valence-electron chi connectivity index (χ2n) is 10.0. The van der Waals surface area contributed by atoms with Gasteiger partial charge in [-0.05, 0) is 49.6 Å². The molecular weight excluding hydrogens is 502 g/mol. The van der Waals surface area contributed by atoms with Crippen molar-refractivity contribution in [3.8, 4) is 11.3 Å². The molecule has 0 bridgehead atoms. The van der Waals surface area contributed by atoms with Crippen LogP contribution in [-0.4, -0.2) is 67.3 Å². The molecule has 38 heavy (non-hydrogen) atoms. The first-order chi connectivity index (χ1) is 18.4. The van der Waals surface area contributed by atoms with Crippen LogP contribution in [0.5, 0.6) is 0 Å². The minimum absolute atomic E-state index is 0.0982. The largest absolute Gasteiger partial charge is 0.335 e. The molecule has 4 aromatic rings. The Morgan fingerprint density at radius 2 is 1.92 bits per heavy atom. The van der Waals surface area contributed by atoms with Crippen molar-refractivity contribution in [3.63, 3.8) is 0 Å². The summed E-state index contributed by atoms with van der Waals surface area (Å²) in [6.07, 6.45) is 3.89. The Bertz CT molecular complexity index is 1550. The lowest BCUT2D eigenvalue weighted by Gasteiger charge is -2.39. The zero-order valence-corrected chi connectivity index (χ0v) is 21.8. The van der Waals surface area contributed by atoms with E-state index in [9.17, 15) is 9.59 Å². The highest BCUT2D eigenvalue weighted by atomic mass is 35.5. The summed E-state index contributed by atoms with van der Waals surface area (Å²) in [4.78, 5) is 34.9. The van der Waals surface area contributed by atoms with Crippen LogP contribution in [0.25, 0.3) is 22.2 Å². The average Bonchev–Trinajstić information content (AvgIpc) is 3.68. The number of fused-ring (bicyclic) bond motifs is 1. The summed E-state index contributed by atoms with van der Waals surface area (Å²) in [5, 5.41) is 9.53. The predicted octanol–water partition coefficient (Wildman–Crippen LogP) is 3.93. The molecule has 0 radical (unpaired) electrons. The van der Waals surface area contributed by atoms with Crippen molar-refractivity contribution in [2.24, 2.45) is 5.73 Å². The molecule has 2 amide bonds. The van der Waals surface area contributed by atoms with Crippen molar-refractivity contribution in [1.82, 2.24) is 29.8 Å². The van der Waals surface area contributed by atoms with Crippen molar-refractivity contribution in [1.29, 1.82) is 0 Å². The number of hydrogen-bond acceptors (Lipinski definition) is 6. The summed E-state index contributed by atoms with van der Waals surface area (Å²) in [5.74, 6) is -0.244. The molecule has 10 heteroatoms. The van der Waals surface area contributed by atoms with Gasteiger partial charge in [0.05, 0.1) is 28.5 Å². The Morgan fingerprint density at radius 1 is 1.08 bits per heavy atom. The quantitative estimate of drug-likeness (QED) is 0.419. The minimum atomic E-state index is -0.152. The molecule has 2 N–H and O–H groups in total. The highest BCUT2D eigenvalue weighted by Crippen LogP contribution is 2.34. The number of carbonyl (C=O) groups excluding carboxylic acids is 2. The maximum atomic E-state index is 13.5. The molecule has 1 aliphatic carbocycles. The number of aromatic nitrogens is 4. The maximum absolute atomic E-state index is 13.5. The van der Waals surface area contributed by atoms with Gasteiger partial charge < -0.3 is 15.5 Å². The normalized spacial score (nSPS) is 17.7. The lowest BCUT2D eigenvalue weighted by atomic mass is 10.0. The van der Waals surface area contributed by atoms with E-state index in [0.29, 0.717) is 54.0 Å². The van der Waals surface area contributed by atoms with E-state index in [4.69, 9.17) is 22.3 Å². The van der Waals surface area contributed by atoms with E-state index >= 15 is 0 Å². The van der Waals surface area contributed by atoms with Gasteiger partial charge in [0, 0.05) is 48.7 Å². The highest BCUT2D eigenvalue weighted by Gasteiger charge is 2.33. The number of hydrogen-bond donors (Lipinski definition) is 1. The fourth-order valence-electron chi connectivity index (χ4n) is 4.99. The third-order valence-corrected chi connectivity index (χ3v) is 7.60. The van der Waals surface area contributed by atoms with Gasteiger partial charge >= 0.3 is 0 Å². The number of nitrogens with two attached hydrogens (primary N) is 1. The van der Waals surface area contributed by atoms with Crippen LogP contribution in [0, 0.1) is 0 Å². The van der Waals surface area contributed by atoms with Crippen LogP contribution >= 0.6 is 11.6 Å². The second kappa shape index (κ2) is 9.81. The molecule has 2 aromatic carbocycles. The fraction of sp³-hybridized carbons (Fsp3) is 0.321. The summed E-state index contributed by atoms with van der Waals surface area (Å²) in [6.45, 7) is 3.68. The summed E-state index contributed by atoms with van der Waals surface area (Å²) in [5.41, 5.74) is 9.99. The van der Waals surface area contributed by atoms with Crippen molar-refractivity contribution < 1.29 is 9.59 Å². The summed E-state index contributed by atoms with van der Waals surface area (Å²) >= 11 is 6.60. The highest BCUT2D eigenvalue weighted by molar-refractivity contribution is 6.35. The van der Waals surface area contributed by atoms with E-state index in [1.165, 1.54) is 0 Å². The van der Waals surface area contributed by atoms with Crippen LogP contribution in [0.3, 0.4) is 0 Å². The Balaban J connectivity index is 1.20. The first kappa shape index (κ1) is 24.5. The molecule has 1 saturated heterocycles. The van der Waals surface area contributed by atoms with Gasteiger partial charge in [-0.25, -0.2) is 9.67 Å². The lowest BCUT2D eigenvalue weighted by molar-refractivity contribution is 0.0411. The summed E-state index contributed by atoms with van der Waals surface area (Å²) < 4.78 is 1.78. The SMILES string of the molecule is CC1CN(C(=O)c2ccc3c(Cl)cc(-c4cccc(CN)c4)nc3c2)CCN1C(=O)c1cn(C2CC2)nn1. The van der Waals surface area contributed by atoms with E-state index in [0.717, 1.165) is 35.0 Å². The van der Waals surface area contributed by atoms with Gasteiger partial charge in [0.2, 0.25) is 0 Å². The van der Waals surface area contributed by atoms with E-state index in [-0.39, 0.29) is 17.9 Å². The van der Waals surface area contributed by atoms with Crippen LogP contribution in [0.1, 0.15) is 52.2 Å². The number of piperazine rings is 1. The van der Waals surface area contributed by atoms with Gasteiger partial charge in [0.15, 0.2) is 5.69 Å². The van der Waals surface area contributed by atoms with Crippen LogP contribution < -0.4 is 5.73 Å². The number of halogens is 1. The average molecular weight is 530 g/mol. The first-order valence-corrected chi connectivity index (χ1v) is 13.2. The zero-order chi connectivity index (χ0) is 26.4. The van der Waals surface area contributed by atoms with Gasteiger partial charge in [-0.2, -0.15) is 0 Å². The van der Waals surface area contributed by atoms with Crippen molar-refractivity contribution in [2.45, 2.75) is 38.4 Å². The Labute approximate surface area is 225 Å². The van der Waals surface area contributed by atoms with Gasteiger partial charge in [0.25, 0.3) is 11.8 Å². The molecule has 194 valence electrons. The van der Waals surface area contributed by atoms with Gasteiger partial charge in [-0.1, -0.05) is 41.1 Å². The number of benzene rings is 2. The molecule has 2 fully saturated rings. The van der Waals surface area contributed by atoms with Crippen molar-refractivity contribution in [3.05, 3.63) is 76.6 Å². The molecule has 0 spiro atoms. The monoisotopic (exact) mass is 529 g/mol. The molecule has 1 saturated carbocycles. The molecule has 3 heterocycles. The summed E-state index contributed by atoms with van der Waals surface area (Å²) in [7, 11) is 0. The Morgan fingerprint density at radius 3 is 2.68 bits per heavy atom. The predicted molar refractivity (Wildman–Crippen MR) is 145 cm³/mol. The third kappa shape index (κ3) is 4.63. The van der Waals surface area contributed by atoms with Crippen molar-refractivity contribution in [2.75, 3.05) is 19.6 Å². The number of pyridine rings is 1. The van der Waals surface area contributed by atoms with Gasteiger partial charge in [-0.3, -0.25) is 9.59 Å². The van der Waals surface area contributed by atoms with E-state index in [1.54, 1.807) is 32.8 Å². The topological polar surface area (TPSA) is 110 Å². The molecule has 1 aliphatic heterocycles. The molecule has 2 aliphatic rings. The lowest BCUT2D eigenvalue weighted by Crippen LogP contribution is -2.55. The third-order valence-electron chi connectivity index (χ3n) is 7.29. The van der Waals surface area contributed by atoms with Crippen LogP contribution in [0.2, 0.25) is 5.02 Å². The van der Waals surface area contributed by atoms with E-state index < -0.39 is 0 Å². The summed E-state index contributed by atoms with van der Waals surface area (Å²) in [6, 6.07) is 15.3. The molecule has 9 nitrogen and oxygen atoms in total. The zero-order valence-electron chi connectivity index (χ0n) is 21.0. The first-order valence-electron chi connectivity index (χ1n) is 12.8. The van der Waals surface area contributed by atoms with Gasteiger partial charge in [-0.15, -0.1) is 5.10 Å². The number of amides is 2. The number of rotatable bonds is 5. The Kier molecular flexibility index (Phi) is 6.33. The molecule has 6 rings (SSSR count). The van der Waals surface area contributed by atoms with Gasteiger partial charge in [0.1, 0.15) is 0 Å². The molecular formula is C28H28ClN7O2. The minimum Gasteiger partial charge on any atom is -0.335 e. The standard InChI is InChI=1S/C28H28ClN7O2/c1-17-15-34(9-10-35(17)28(38)26-16-36(33-32-26)21-6-7-21)27(37)20-5-8-22-23(29)13-24(31-25(22)12-20)19-4-2-3-18(11-19)14-30/h2-5,8,11-13,16-17,21H,6-7,9-10,14-15,30H2,1H3. The number of carbonyl (C=O) groups is 2. The number of nitrogens with zero attached hydrogens (tertiary/aromatic N) is 6. The molecule has 1 atom stereocenters. The molecule has 2 aromatic heterocycles. The van der Waals surface area contributed by atoms with Crippen molar-refractivity contribution >= 4 is 34.3 Å². The Hall–Kier alpha value is -3.82. The van der Waals surface area contributed by atoms with Crippen LogP contribution in [-0.2, 0) is 6.54 Å². The van der Waals surface area contributed by atoms with Crippen LogP contribution in [0.4, 0.5) is 0 Å². The smallest absolute Gasteiger partial charge is 0.276 e. The second-order valence-corrected chi connectivity index (χ2v) is 10.4.